The Kier molecular flexibility index (Phi) is 6.19. The third kappa shape index (κ3) is 4.03. The van der Waals surface area contributed by atoms with Crippen LogP contribution < -0.4 is 20.1 Å². The van der Waals surface area contributed by atoms with Gasteiger partial charge in [-0.1, -0.05) is 12.1 Å². The maximum Gasteiger partial charge on any atom is 0.319 e. The molecular weight excluding hydrogens is 520 g/mol. The second-order valence-corrected chi connectivity index (χ2v) is 11.0. The van der Waals surface area contributed by atoms with E-state index in [0.717, 1.165) is 32.0 Å². The maximum absolute atomic E-state index is 16.5. The molecule has 3 atom stereocenters. The van der Waals surface area contributed by atoms with E-state index in [1.54, 1.807) is 18.2 Å². The number of rotatable bonds is 5. The molecule has 0 bridgehead atoms. The van der Waals surface area contributed by atoms with E-state index in [1.807, 2.05) is 0 Å². The molecule has 3 aromatic rings. The number of nitrogens with zero attached hydrogens (tertiary/aromatic N) is 5. The van der Waals surface area contributed by atoms with Gasteiger partial charge in [-0.05, 0) is 31.9 Å². The molecule has 12 heteroatoms. The highest BCUT2D eigenvalue weighted by atomic mass is 19.1. The summed E-state index contributed by atoms with van der Waals surface area (Å²) < 4.78 is 49.0. The quantitative estimate of drug-likeness (QED) is 0.363. The lowest BCUT2D eigenvalue weighted by molar-refractivity contribution is 0.107. The molecule has 4 aliphatic rings. The largest absolute Gasteiger partial charge is 0.475 e. The molecule has 3 fully saturated rings. The van der Waals surface area contributed by atoms with E-state index in [1.165, 1.54) is 0 Å². The first-order chi connectivity index (χ1) is 19.5. The number of nitrogens with one attached hydrogen (secondary N) is 1. The Hall–Kier alpha value is -3.64. The molecule has 3 N–H and O–H groups in total. The summed E-state index contributed by atoms with van der Waals surface area (Å²) in [5.41, 5.74) is 6.74. The standard InChI is InChI=1S/C28H31F2N7O3/c29-16-10-28(6-2-7-36(28)12-16)15-40-27-34-24-21-25(35-27)37-8-3-9-38-13-17(37)14-39-26(21)33-23(22(24)30)18-4-1-5-20(32)19(18)11-31/h1,4-5,11,16-17,31H,2-3,6-10,12-15,32H2/t16-,17+,28+/m1/s1. The molecule has 7 rings (SSSR count). The zero-order valence-corrected chi connectivity index (χ0v) is 22.0. The van der Waals surface area contributed by atoms with Gasteiger partial charge in [0.1, 0.15) is 41.8 Å². The first-order valence-corrected chi connectivity index (χ1v) is 13.8. The van der Waals surface area contributed by atoms with Crippen LogP contribution in [0, 0.1) is 11.2 Å². The highest BCUT2D eigenvalue weighted by molar-refractivity contribution is 6.00. The topological polar surface area (TPSA) is 123 Å². The lowest BCUT2D eigenvalue weighted by atomic mass is 9.95. The van der Waals surface area contributed by atoms with Crippen LogP contribution in [0.25, 0.3) is 22.2 Å². The molecular formula is C28H31F2N7O3. The summed E-state index contributed by atoms with van der Waals surface area (Å²) in [5.74, 6) is 0.00629. The third-order valence-electron chi connectivity index (χ3n) is 8.61. The monoisotopic (exact) mass is 551 g/mol. The van der Waals surface area contributed by atoms with Crippen LogP contribution in [0.2, 0.25) is 0 Å². The fourth-order valence-corrected chi connectivity index (χ4v) is 6.68. The van der Waals surface area contributed by atoms with Crippen LogP contribution in [0.1, 0.15) is 31.2 Å². The molecule has 6 heterocycles. The van der Waals surface area contributed by atoms with Crippen molar-refractivity contribution >= 4 is 28.6 Å². The van der Waals surface area contributed by atoms with Crippen molar-refractivity contribution in [2.45, 2.75) is 43.4 Å². The van der Waals surface area contributed by atoms with Gasteiger partial charge in [-0.2, -0.15) is 9.97 Å². The molecule has 10 nitrogen and oxygen atoms in total. The van der Waals surface area contributed by atoms with Crippen molar-refractivity contribution < 1.29 is 23.0 Å². The minimum Gasteiger partial charge on any atom is -0.475 e. The van der Waals surface area contributed by atoms with Crippen LogP contribution >= 0.6 is 0 Å². The minimum absolute atomic E-state index is 0.0136. The van der Waals surface area contributed by atoms with E-state index in [0.29, 0.717) is 60.7 Å². The normalized spacial score (nSPS) is 26.1. The predicted molar refractivity (Wildman–Crippen MR) is 146 cm³/mol. The van der Waals surface area contributed by atoms with E-state index < -0.39 is 17.5 Å². The number of halogens is 2. The number of anilines is 2. The van der Waals surface area contributed by atoms with Gasteiger partial charge in [0.25, 0.3) is 0 Å². The lowest BCUT2D eigenvalue weighted by Crippen LogP contribution is -2.43. The van der Waals surface area contributed by atoms with Crippen molar-refractivity contribution in [3.8, 4) is 23.1 Å². The van der Waals surface area contributed by atoms with Crippen LogP contribution in [-0.2, 0) is 4.74 Å². The second kappa shape index (κ2) is 9.77. The van der Waals surface area contributed by atoms with Gasteiger partial charge >= 0.3 is 6.01 Å². The Morgan fingerprint density at radius 2 is 2.10 bits per heavy atom. The highest BCUT2D eigenvalue weighted by Gasteiger charge is 2.49. The Labute approximate surface area is 229 Å². The number of fused-ring (bicyclic) bond motifs is 3. The Bertz CT molecular complexity index is 1490. The number of ether oxygens (including phenoxy) is 3. The molecule has 0 radical (unpaired) electrons. The van der Waals surface area contributed by atoms with Gasteiger partial charge in [0, 0.05) is 49.1 Å². The highest BCUT2D eigenvalue weighted by Crippen LogP contribution is 2.43. The molecule has 0 amide bonds. The fourth-order valence-electron chi connectivity index (χ4n) is 6.68. The van der Waals surface area contributed by atoms with Crippen LogP contribution in [0.15, 0.2) is 18.2 Å². The number of aromatic nitrogens is 3. The van der Waals surface area contributed by atoms with Crippen molar-refractivity contribution in [3.05, 3.63) is 29.6 Å². The van der Waals surface area contributed by atoms with Crippen LogP contribution in [0.5, 0.6) is 11.9 Å². The number of alkyl halides is 1. The summed E-state index contributed by atoms with van der Waals surface area (Å²) in [7, 11) is 0. The van der Waals surface area contributed by atoms with Crippen molar-refractivity contribution in [1.82, 2.24) is 19.9 Å². The van der Waals surface area contributed by atoms with Gasteiger partial charge in [0.2, 0.25) is 5.88 Å². The van der Waals surface area contributed by atoms with Crippen LogP contribution in [-0.4, -0.2) is 89.9 Å². The number of hydrogen-bond donors (Lipinski definition) is 2. The van der Waals surface area contributed by atoms with E-state index in [9.17, 15) is 4.39 Å². The van der Waals surface area contributed by atoms with Gasteiger partial charge in [0.05, 0.1) is 18.2 Å². The summed E-state index contributed by atoms with van der Waals surface area (Å²) in [5, 5.41) is 8.24. The number of nitrogens with two attached hydrogens (primary N) is 1. The molecule has 4 aliphatic heterocycles. The molecule has 0 unspecified atom stereocenters. The van der Waals surface area contributed by atoms with E-state index in [2.05, 4.69) is 19.8 Å². The Morgan fingerprint density at radius 1 is 1.20 bits per heavy atom. The molecule has 0 saturated carbocycles. The van der Waals surface area contributed by atoms with Gasteiger partial charge in [0.15, 0.2) is 5.82 Å². The van der Waals surface area contributed by atoms with Gasteiger partial charge in [-0.3, -0.25) is 4.90 Å². The Morgan fingerprint density at radius 3 is 2.98 bits per heavy atom. The molecule has 1 aromatic carbocycles. The van der Waals surface area contributed by atoms with Crippen molar-refractivity contribution in [1.29, 1.82) is 5.41 Å². The second-order valence-electron chi connectivity index (χ2n) is 11.0. The van der Waals surface area contributed by atoms with E-state index in [4.69, 9.17) is 30.3 Å². The number of benzene rings is 1. The first-order valence-electron chi connectivity index (χ1n) is 13.8. The third-order valence-corrected chi connectivity index (χ3v) is 8.61. The van der Waals surface area contributed by atoms with Gasteiger partial charge in [-0.25, -0.2) is 13.8 Å². The van der Waals surface area contributed by atoms with Crippen molar-refractivity contribution in [2.75, 3.05) is 56.7 Å². The molecule has 0 aliphatic carbocycles. The number of nitrogen functional groups attached to an aromatic ring is 1. The summed E-state index contributed by atoms with van der Waals surface area (Å²) in [6.07, 6.45) is 3.18. The summed E-state index contributed by atoms with van der Waals surface area (Å²) in [6.45, 7) is 3.40. The van der Waals surface area contributed by atoms with Crippen LogP contribution in [0.3, 0.4) is 0 Å². The van der Waals surface area contributed by atoms with Gasteiger partial charge in [-0.15, -0.1) is 0 Å². The SMILES string of the molecule is N=Cc1c(N)cccc1-c1nc2c3c(nc(OC[C@@]45CCCN4C[C@H](F)C5)nc3c1F)N1CCCOC[C@H]1CO2. The molecule has 40 heavy (non-hydrogen) atoms. The van der Waals surface area contributed by atoms with Gasteiger partial charge < -0.3 is 30.3 Å². The molecule has 2 aromatic heterocycles. The smallest absolute Gasteiger partial charge is 0.319 e. The average molecular weight is 552 g/mol. The predicted octanol–water partition coefficient (Wildman–Crippen LogP) is 3.35. The average Bonchev–Trinajstić information content (AvgIpc) is 3.30. The van der Waals surface area contributed by atoms with E-state index >= 15 is 4.39 Å². The number of pyridine rings is 1. The molecule has 0 spiro atoms. The summed E-state index contributed by atoms with van der Waals surface area (Å²) in [4.78, 5) is 18.1. The molecule has 210 valence electrons. The van der Waals surface area contributed by atoms with E-state index in [-0.39, 0.29) is 42.4 Å². The van der Waals surface area contributed by atoms with Crippen molar-refractivity contribution in [3.63, 3.8) is 0 Å². The van der Waals surface area contributed by atoms with Crippen molar-refractivity contribution in [2.24, 2.45) is 0 Å². The summed E-state index contributed by atoms with van der Waals surface area (Å²) >= 11 is 0. The first kappa shape index (κ1) is 25.3. The zero-order chi connectivity index (χ0) is 27.4. The maximum atomic E-state index is 16.5. The Balaban J connectivity index is 1.38. The zero-order valence-electron chi connectivity index (χ0n) is 22.0. The van der Waals surface area contributed by atoms with Crippen LogP contribution in [0.4, 0.5) is 20.3 Å². The fraction of sp³-hybridized carbons (Fsp3) is 0.500. The number of hydrogen-bond acceptors (Lipinski definition) is 10. The molecule has 3 saturated heterocycles. The summed E-state index contributed by atoms with van der Waals surface area (Å²) in [6, 6.07) is 4.87. The minimum atomic E-state index is -0.893. The lowest BCUT2D eigenvalue weighted by Gasteiger charge is -2.31.